The average molecular weight is 248 g/mol. The highest BCUT2D eigenvalue weighted by molar-refractivity contribution is 5.81. The maximum Gasteiger partial charge on any atom is 0.237 e. The minimum Gasteiger partial charge on any atom is -0.354 e. The van der Waals surface area contributed by atoms with E-state index in [0.29, 0.717) is 12.5 Å². The third-order valence-electron chi connectivity index (χ3n) is 3.51. The zero-order chi connectivity index (χ0) is 13.5. The molecule has 0 fully saturated rings. The molecule has 0 bridgehead atoms. The Morgan fingerprint density at radius 3 is 2.44 bits per heavy atom. The van der Waals surface area contributed by atoms with Crippen LogP contribution in [0.3, 0.4) is 0 Å². The number of nitrogens with one attached hydrogen (secondary N) is 1. The Kier molecular flexibility index (Phi) is 5.86. The second-order valence-electron chi connectivity index (χ2n) is 4.97. The fraction of sp³-hybridized carbons (Fsp3) is 0.533. The topological polar surface area (TPSA) is 55.1 Å². The van der Waals surface area contributed by atoms with Crippen LogP contribution in [-0.2, 0) is 4.79 Å². The first kappa shape index (κ1) is 14.7. The summed E-state index contributed by atoms with van der Waals surface area (Å²) in [6.45, 7) is 6.78. The predicted octanol–water partition coefficient (Wildman–Crippen LogP) is 2.28. The Morgan fingerprint density at radius 1 is 1.28 bits per heavy atom. The van der Waals surface area contributed by atoms with Gasteiger partial charge >= 0.3 is 0 Å². The van der Waals surface area contributed by atoms with Crippen molar-refractivity contribution < 1.29 is 4.79 Å². The molecule has 0 saturated carbocycles. The summed E-state index contributed by atoms with van der Waals surface area (Å²) in [4.78, 5) is 11.8. The Morgan fingerprint density at radius 2 is 1.89 bits per heavy atom. The van der Waals surface area contributed by atoms with E-state index in [1.165, 1.54) is 5.56 Å². The minimum absolute atomic E-state index is 0.0490. The van der Waals surface area contributed by atoms with Gasteiger partial charge in [-0.05, 0) is 17.4 Å². The van der Waals surface area contributed by atoms with Crippen molar-refractivity contribution in [2.75, 3.05) is 6.54 Å². The number of amides is 1. The van der Waals surface area contributed by atoms with Crippen molar-refractivity contribution in [3.05, 3.63) is 35.9 Å². The lowest BCUT2D eigenvalue weighted by Gasteiger charge is -2.19. The number of carbonyl (C=O) groups is 1. The Labute approximate surface area is 110 Å². The molecule has 1 amide bonds. The van der Waals surface area contributed by atoms with Gasteiger partial charge < -0.3 is 11.1 Å². The van der Waals surface area contributed by atoms with Gasteiger partial charge in [0.2, 0.25) is 5.91 Å². The summed E-state index contributed by atoms with van der Waals surface area (Å²) in [5.74, 6) is 0.475. The van der Waals surface area contributed by atoms with E-state index in [2.05, 4.69) is 24.4 Å². The summed E-state index contributed by atoms with van der Waals surface area (Å²) in [6.07, 6.45) is 0.919. The molecule has 0 aromatic heterocycles. The highest BCUT2D eigenvalue weighted by atomic mass is 16.2. The third kappa shape index (κ3) is 4.15. The van der Waals surface area contributed by atoms with Gasteiger partial charge in [-0.15, -0.1) is 0 Å². The molecular formula is C15H24N2O. The fourth-order valence-electron chi connectivity index (χ4n) is 1.78. The highest BCUT2D eigenvalue weighted by Gasteiger charge is 2.19. The normalized spacial score (nSPS) is 15.8. The molecule has 2 unspecified atom stereocenters. The molecule has 1 rings (SSSR count). The summed E-state index contributed by atoms with van der Waals surface area (Å²) in [6, 6.07) is 9.76. The van der Waals surface area contributed by atoms with Gasteiger partial charge in [-0.1, -0.05) is 57.5 Å². The molecular weight excluding hydrogens is 224 g/mol. The van der Waals surface area contributed by atoms with Crippen molar-refractivity contribution in [1.82, 2.24) is 5.32 Å². The smallest absolute Gasteiger partial charge is 0.237 e. The number of nitrogens with two attached hydrogens (primary N) is 1. The van der Waals surface area contributed by atoms with Crippen LogP contribution in [0, 0.1) is 5.92 Å². The molecule has 3 atom stereocenters. The van der Waals surface area contributed by atoms with Crippen LogP contribution in [0.2, 0.25) is 0 Å². The van der Waals surface area contributed by atoms with Gasteiger partial charge in [0.05, 0.1) is 6.04 Å². The van der Waals surface area contributed by atoms with Gasteiger partial charge in [-0.25, -0.2) is 0 Å². The molecule has 0 aliphatic heterocycles. The summed E-state index contributed by atoms with van der Waals surface area (Å²) < 4.78 is 0. The quantitative estimate of drug-likeness (QED) is 0.811. The van der Waals surface area contributed by atoms with Crippen LogP contribution in [0.15, 0.2) is 30.3 Å². The van der Waals surface area contributed by atoms with Crippen molar-refractivity contribution in [2.24, 2.45) is 11.7 Å². The Hall–Kier alpha value is -1.35. The van der Waals surface area contributed by atoms with Gasteiger partial charge in [0.1, 0.15) is 0 Å². The first-order chi connectivity index (χ1) is 8.56. The van der Waals surface area contributed by atoms with Crippen LogP contribution in [0.5, 0.6) is 0 Å². The lowest BCUT2D eigenvalue weighted by Crippen LogP contribution is -2.45. The molecule has 0 aliphatic rings. The van der Waals surface area contributed by atoms with Crippen LogP contribution < -0.4 is 11.1 Å². The van der Waals surface area contributed by atoms with Gasteiger partial charge in [-0.3, -0.25) is 4.79 Å². The predicted molar refractivity (Wildman–Crippen MR) is 75.3 cm³/mol. The molecule has 0 spiro atoms. The minimum atomic E-state index is -0.405. The van der Waals surface area contributed by atoms with Crippen molar-refractivity contribution >= 4 is 5.91 Å². The van der Waals surface area contributed by atoms with E-state index in [0.717, 1.165) is 6.42 Å². The average Bonchev–Trinajstić information content (AvgIpc) is 2.43. The Balaban J connectivity index is 2.43. The third-order valence-corrected chi connectivity index (χ3v) is 3.51. The molecule has 0 radical (unpaired) electrons. The lowest BCUT2D eigenvalue weighted by atomic mass is 9.98. The van der Waals surface area contributed by atoms with Crippen molar-refractivity contribution in [1.29, 1.82) is 0 Å². The molecule has 1 aromatic carbocycles. The van der Waals surface area contributed by atoms with Gasteiger partial charge in [0, 0.05) is 6.54 Å². The molecule has 0 saturated heterocycles. The number of hydrogen-bond acceptors (Lipinski definition) is 2. The standard InChI is InChI=1S/C15H24N2O/c1-4-11(2)14(16)15(18)17-10-12(3)13-8-6-5-7-9-13/h5-9,11-12,14H,4,10,16H2,1-3H3,(H,17,18)/t11?,12?,14-/m0/s1. The van der Waals surface area contributed by atoms with E-state index in [4.69, 9.17) is 5.73 Å². The summed E-state index contributed by atoms with van der Waals surface area (Å²) in [5.41, 5.74) is 7.12. The first-order valence-corrected chi connectivity index (χ1v) is 6.64. The molecule has 18 heavy (non-hydrogen) atoms. The largest absolute Gasteiger partial charge is 0.354 e. The van der Waals surface area contributed by atoms with E-state index in [-0.39, 0.29) is 11.8 Å². The van der Waals surface area contributed by atoms with Gasteiger partial charge in [-0.2, -0.15) is 0 Å². The van der Waals surface area contributed by atoms with Crippen LogP contribution in [-0.4, -0.2) is 18.5 Å². The second kappa shape index (κ2) is 7.17. The molecule has 100 valence electrons. The SMILES string of the molecule is CCC(C)[C@H](N)C(=O)NCC(C)c1ccccc1. The van der Waals surface area contributed by atoms with Crippen molar-refractivity contribution in [3.63, 3.8) is 0 Å². The molecule has 1 aromatic rings. The number of rotatable bonds is 6. The van der Waals surface area contributed by atoms with E-state index in [1.54, 1.807) is 0 Å². The number of carbonyl (C=O) groups excluding carboxylic acids is 1. The van der Waals surface area contributed by atoms with Crippen LogP contribution in [0.1, 0.15) is 38.7 Å². The maximum atomic E-state index is 11.8. The van der Waals surface area contributed by atoms with E-state index in [9.17, 15) is 4.79 Å². The van der Waals surface area contributed by atoms with E-state index in [1.807, 2.05) is 32.0 Å². The first-order valence-electron chi connectivity index (χ1n) is 6.64. The fourth-order valence-corrected chi connectivity index (χ4v) is 1.78. The molecule has 3 N–H and O–H groups in total. The van der Waals surface area contributed by atoms with Crippen LogP contribution in [0.25, 0.3) is 0 Å². The molecule has 3 nitrogen and oxygen atoms in total. The van der Waals surface area contributed by atoms with Gasteiger partial charge in [0.15, 0.2) is 0 Å². The van der Waals surface area contributed by atoms with Crippen LogP contribution in [0.4, 0.5) is 0 Å². The van der Waals surface area contributed by atoms with E-state index < -0.39 is 6.04 Å². The Bertz CT molecular complexity index is 364. The van der Waals surface area contributed by atoms with E-state index >= 15 is 0 Å². The highest BCUT2D eigenvalue weighted by Crippen LogP contribution is 2.13. The molecule has 3 heteroatoms. The molecule has 0 heterocycles. The summed E-state index contributed by atoms with van der Waals surface area (Å²) in [7, 11) is 0. The molecule has 0 aliphatic carbocycles. The number of benzene rings is 1. The van der Waals surface area contributed by atoms with Crippen LogP contribution >= 0.6 is 0 Å². The summed E-state index contributed by atoms with van der Waals surface area (Å²) >= 11 is 0. The van der Waals surface area contributed by atoms with Crippen molar-refractivity contribution in [2.45, 2.75) is 39.2 Å². The maximum absolute atomic E-state index is 11.8. The second-order valence-corrected chi connectivity index (χ2v) is 4.97. The number of hydrogen-bond donors (Lipinski definition) is 2. The lowest BCUT2D eigenvalue weighted by molar-refractivity contribution is -0.123. The zero-order valence-corrected chi connectivity index (χ0v) is 11.5. The zero-order valence-electron chi connectivity index (χ0n) is 11.5. The van der Waals surface area contributed by atoms with Crippen molar-refractivity contribution in [3.8, 4) is 0 Å². The summed E-state index contributed by atoms with van der Waals surface area (Å²) in [5, 5.41) is 2.93. The van der Waals surface area contributed by atoms with Gasteiger partial charge in [0.25, 0.3) is 0 Å². The monoisotopic (exact) mass is 248 g/mol.